The minimum atomic E-state index is -4.44. The topological polar surface area (TPSA) is 67.2 Å². The second-order valence-corrected chi connectivity index (χ2v) is 5.62. The molecule has 3 rings (SSSR count). The molecule has 23 heavy (non-hydrogen) atoms. The molecule has 1 amide bonds. The quantitative estimate of drug-likeness (QED) is 0.673. The van der Waals surface area contributed by atoms with E-state index >= 15 is 0 Å². The van der Waals surface area contributed by atoms with E-state index in [0.29, 0.717) is 5.56 Å². The maximum Gasteiger partial charge on any atom is 0.416 e. The number of halogens is 3. The number of hydrogen-bond acceptors (Lipinski definition) is 3. The average Bonchev–Trinajstić information content (AvgIpc) is 3.12. The minimum Gasteiger partial charge on any atom is -0.289 e. The Bertz CT molecular complexity index is 742. The Morgan fingerprint density at radius 1 is 1.30 bits per heavy atom. The molecule has 1 fully saturated rings. The number of alkyl halides is 3. The lowest BCUT2D eigenvalue weighted by Crippen LogP contribution is -2.21. The maximum absolute atomic E-state index is 12.9. The van der Waals surface area contributed by atoms with Crippen molar-refractivity contribution in [2.75, 3.05) is 0 Å². The van der Waals surface area contributed by atoms with Crippen molar-refractivity contribution in [1.82, 2.24) is 15.3 Å². The van der Waals surface area contributed by atoms with Crippen LogP contribution in [-0.4, -0.2) is 20.9 Å². The molecule has 0 saturated heterocycles. The number of benzene rings is 1. The number of nitrogens with zero attached hydrogens (tertiary/aromatic N) is 2. The highest BCUT2D eigenvalue weighted by molar-refractivity contribution is 5.84. The summed E-state index contributed by atoms with van der Waals surface area (Å²) in [5.41, 5.74) is 2.01. The number of hydroxylamine groups is 1. The van der Waals surface area contributed by atoms with Crippen LogP contribution >= 0.6 is 0 Å². The van der Waals surface area contributed by atoms with Gasteiger partial charge in [-0.05, 0) is 17.2 Å². The van der Waals surface area contributed by atoms with Crippen LogP contribution in [-0.2, 0) is 18.0 Å². The van der Waals surface area contributed by atoms with Crippen molar-refractivity contribution in [1.29, 1.82) is 0 Å². The fourth-order valence-corrected chi connectivity index (χ4v) is 3.08. The number of hydrogen-bond donors (Lipinski definition) is 2. The second kappa shape index (κ2) is 5.38. The summed E-state index contributed by atoms with van der Waals surface area (Å²) >= 11 is 0. The molecule has 1 aromatic carbocycles. The number of carbonyl (C=O) groups excluding carboxylic acids is 1. The van der Waals surface area contributed by atoms with E-state index in [-0.39, 0.29) is 5.92 Å². The summed E-state index contributed by atoms with van der Waals surface area (Å²) in [4.78, 5) is 11.8. The summed E-state index contributed by atoms with van der Waals surface area (Å²) in [6.45, 7) is 0. The summed E-state index contributed by atoms with van der Waals surface area (Å²) in [5.74, 6) is -1.96. The highest BCUT2D eigenvalue weighted by Crippen LogP contribution is 2.60. The van der Waals surface area contributed by atoms with Crippen molar-refractivity contribution in [3.8, 4) is 0 Å². The van der Waals surface area contributed by atoms with E-state index in [0.717, 1.165) is 17.7 Å². The van der Waals surface area contributed by atoms with Gasteiger partial charge in [-0.25, -0.2) is 5.48 Å². The van der Waals surface area contributed by atoms with Gasteiger partial charge in [-0.2, -0.15) is 18.3 Å². The van der Waals surface area contributed by atoms with Crippen molar-refractivity contribution in [3.63, 3.8) is 0 Å². The number of aryl methyl sites for hydroxylation is 1. The van der Waals surface area contributed by atoms with E-state index in [4.69, 9.17) is 5.21 Å². The lowest BCUT2D eigenvalue weighted by molar-refractivity contribution is -0.137. The Labute approximate surface area is 129 Å². The highest BCUT2D eigenvalue weighted by atomic mass is 19.4. The van der Waals surface area contributed by atoms with Crippen LogP contribution in [0, 0.1) is 5.92 Å². The molecular formula is C15H14F3N3O2. The average molecular weight is 325 g/mol. The monoisotopic (exact) mass is 325 g/mol. The van der Waals surface area contributed by atoms with Crippen molar-refractivity contribution in [2.45, 2.75) is 18.0 Å². The van der Waals surface area contributed by atoms with E-state index in [2.05, 4.69) is 5.10 Å². The van der Waals surface area contributed by atoms with Gasteiger partial charge in [0, 0.05) is 25.1 Å². The molecule has 1 heterocycles. The molecule has 0 bridgehead atoms. The summed E-state index contributed by atoms with van der Waals surface area (Å²) in [5, 5.41) is 12.9. The van der Waals surface area contributed by atoms with Gasteiger partial charge in [0.2, 0.25) is 5.91 Å². The maximum atomic E-state index is 12.9. The predicted molar refractivity (Wildman–Crippen MR) is 73.6 cm³/mol. The molecule has 0 spiro atoms. The van der Waals surface area contributed by atoms with Crippen LogP contribution in [0.15, 0.2) is 36.7 Å². The molecule has 2 N–H and O–H groups in total. The zero-order valence-electron chi connectivity index (χ0n) is 12.1. The van der Waals surface area contributed by atoms with Crippen molar-refractivity contribution >= 4 is 5.91 Å². The molecule has 1 aromatic heterocycles. The fraction of sp³-hybridized carbons (Fsp3) is 0.333. The van der Waals surface area contributed by atoms with Crippen molar-refractivity contribution in [2.24, 2.45) is 13.0 Å². The van der Waals surface area contributed by atoms with Crippen LogP contribution in [0.2, 0.25) is 0 Å². The smallest absolute Gasteiger partial charge is 0.289 e. The first-order chi connectivity index (χ1) is 10.8. The summed E-state index contributed by atoms with van der Waals surface area (Å²) in [7, 11) is 1.71. The number of aromatic nitrogens is 2. The third kappa shape index (κ3) is 2.81. The first kappa shape index (κ1) is 15.5. The van der Waals surface area contributed by atoms with Crippen LogP contribution in [0.4, 0.5) is 13.2 Å². The van der Waals surface area contributed by atoms with E-state index in [1.807, 2.05) is 0 Å². The molecule has 3 unspecified atom stereocenters. The third-order valence-electron chi connectivity index (χ3n) is 4.14. The molecule has 0 radical (unpaired) electrons. The normalized spacial score (nSPS) is 23.6. The number of amides is 1. The highest BCUT2D eigenvalue weighted by Gasteiger charge is 2.56. The minimum absolute atomic E-state index is 0.306. The van der Waals surface area contributed by atoms with Gasteiger partial charge in [-0.15, -0.1) is 0 Å². The molecule has 2 aromatic rings. The fourth-order valence-electron chi connectivity index (χ4n) is 3.08. The van der Waals surface area contributed by atoms with Gasteiger partial charge in [0.15, 0.2) is 0 Å². The van der Waals surface area contributed by atoms with Crippen LogP contribution in [0.25, 0.3) is 0 Å². The van der Waals surface area contributed by atoms with Gasteiger partial charge in [0.25, 0.3) is 0 Å². The molecule has 122 valence electrons. The number of carbonyl (C=O) groups is 1. The van der Waals surface area contributed by atoms with E-state index in [9.17, 15) is 18.0 Å². The molecule has 1 saturated carbocycles. The SMILES string of the molecule is Cn1cc(C2C(C(=O)NO)C2c2cccc(C(F)(F)F)c2)cn1. The van der Waals surface area contributed by atoms with Gasteiger partial charge >= 0.3 is 6.18 Å². The predicted octanol–water partition coefficient (Wildman–Crippen LogP) is 2.44. The largest absolute Gasteiger partial charge is 0.416 e. The van der Waals surface area contributed by atoms with Gasteiger partial charge in [-0.1, -0.05) is 18.2 Å². The van der Waals surface area contributed by atoms with Gasteiger partial charge in [0.1, 0.15) is 0 Å². The van der Waals surface area contributed by atoms with Gasteiger partial charge < -0.3 is 0 Å². The zero-order chi connectivity index (χ0) is 16.8. The summed E-state index contributed by atoms with van der Waals surface area (Å²) < 4.78 is 40.2. The Morgan fingerprint density at radius 3 is 2.57 bits per heavy atom. The molecule has 1 aliphatic carbocycles. The number of rotatable bonds is 3. The van der Waals surface area contributed by atoms with Crippen LogP contribution in [0.5, 0.6) is 0 Å². The molecule has 5 nitrogen and oxygen atoms in total. The standard InChI is InChI=1S/C15H14F3N3O2/c1-21-7-9(6-19-21)12-11(13(12)14(22)20-23)8-3-2-4-10(5-8)15(16,17)18/h2-7,11-13,23H,1H3,(H,20,22). The van der Waals surface area contributed by atoms with Crippen LogP contribution in [0.1, 0.15) is 28.5 Å². The van der Waals surface area contributed by atoms with E-state index in [1.165, 1.54) is 6.07 Å². The Hall–Kier alpha value is -2.35. The first-order valence-corrected chi connectivity index (χ1v) is 6.92. The van der Waals surface area contributed by atoms with E-state index < -0.39 is 29.5 Å². The van der Waals surface area contributed by atoms with Crippen molar-refractivity contribution in [3.05, 3.63) is 53.3 Å². The van der Waals surface area contributed by atoms with Crippen LogP contribution in [0.3, 0.4) is 0 Å². The summed E-state index contributed by atoms with van der Waals surface area (Å²) in [6, 6.07) is 4.93. The van der Waals surface area contributed by atoms with Crippen molar-refractivity contribution < 1.29 is 23.2 Å². The summed E-state index contributed by atoms with van der Waals surface area (Å²) in [6.07, 6.45) is -1.14. The van der Waals surface area contributed by atoms with Gasteiger partial charge in [0.05, 0.1) is 17.7 Å². The van der Waals surface area contributed by atoms with E-state index in [1.54, 1.807) is 35.7 Å². The molecule has 3 atom stereocenters. The molecule has 8 heteroatoms. The Kier molecular flexibility index (Phi) is 3.63. The second-order valence-electron chi connectivity index (χ2n) is 5.62. The lowest BCUT2D eigenvalue weighted by atomic mass is 10.0. The lowest BCUT2D eigenvalue weighted by Gasteiger charge is -2.08. The zero-order valence-corrected chi connectivity index (χ0v) is 12.1. The Morgan fingerprint density at radius 2 is 2.00 bits per heavy atom. The Balaban J connectivity index is 1.95. The molecular weight excluding hydrogens is 311 g/mol. The molecule has 1 aliphatic rings. The third-order valence-corrected chi connectivity index (χ3v) is 4.14. The van der Waals surface area contributed by atoms with Gasteiger partial charge in [-0.3, -0.25) is 14.7 Å². The van der Waals surface area contributed by atoms with Crippen LogP contribution < -0.4 is 5.48 Å². The number of nitrogens with one attached hydrogen (secondary N) is 1. The first-order valence-electron chi connectivity index (χ1n) is 6.92. The molecule has 0 aliphatic heterocycles.